The smallest absolute Gasteiger partial charge is 0.417 e. The van der Waals surface area contributed by atoms with Gasteiger partial charge in [0.1, 0.15) is 0 Å². The molecule has 0 heterocycles. The molecule has 1 aromatic carbocycles. The van der Waals surface area contributed by atoms with Crippen LogP contribution in [0.3, 0.4) is 0 Å². The number of carbonyl (C=O) groups is 1. The van der Waals surface area contributed by atoms with Crippen LogP contribution in [0.15, 0.2) is 27.6 Å². The van der Waals surface area contributed by atoms with Gasteiger partial charge >= 0.3 is 12.1 Å². The highest BCUT2D eigenvalue weighted by Gasteiger charge is 2.45. The number of alkyl halides is 3. The van der Waals surface area contributed by atoms with E-state index in [1.54, 1.807) is 0 Å². The number of esters is 1. The minimum Gasteiger partial charge on any atom is -0.469 e. The van der Waals surface area contributed by atoms with Gasteiger partial charge in [0.2, 0.25) is 0 Å². The molecule has 0 N–H and O–H groups in total. The van der Waals surface area contributed by atoms with Crippen molar-refractivity contribution in [2.75, 3.05) is 12.9 Å². The molecule has 1 aliphatic carbocycles. The van der Waals surface area contributed by atoms with Gasteiger partial charge in [0.05, 0.1) is 19.1 Å². The molecule has 1 saturated carbocycles. The van der Waals surface area contributed by atoms with Gasteiger partial charge in [-0.15, -0.1) is 11.8 Å². The first-order valence-electron chi connectivity index (χ1n) is 6.32. The molecule has 116 valence electrons. The minimum absolute atomic E-state index is 0.188. The summed E-state index contributed by atoms with van der Waals surface area (Å²) in [7, 11) is 1.32. The lowest BCUT2D eigenvalue weighted by Crippen LogP contribution is -2.13. The van der Waals surface area contributed by atoms with Crippen molar-refractivity contribution in [1.29, 1.82) is 0 Å². The third-order valence-corrected chi connectivity index (χ3v) is 5.39. The topological polar surface area (TPSA) is 26.3 Å². The second kappa shape index (κ2) is 6.20. The molecule has 2 nitrogen and oxygen atoms in total. The molecule has 2 rings (SSSR count). The van der Waals surface area contributed by atoms with E-state index in [1.807, 2.05) is 0 Å². The molecule has 0 saturated heterocycles. The predicted molar refractivity (Wildman–Crippen MR) is 78.2 cm³/mol. The highest BCUT2D eigenvalue weighted by atomic mass is 79.9. The normalized spacial score (nSPS) is 16.6. The molecule has 7 heteroatoms. The van der Waals surface area contributed by atoms with Crippen molar-refractivity contribution < 1.29 is 22.7 Å². The number of methoxy groups -OCH3 is 1. The summed E-state index contributed by atoms with van der Waals surface area (Å²) in [6.45, 7) is 0. The van der Waals surface area contributed by atoms with Gasteiger partial charge in [-0.1, -0.05) is 15.9 Å². The third kappa shape index (κ3) is 4.39. The highest BCUT2D eigenvalue weighted by Crippen LogP contribution is 2.53. The molecule has 0 radical (unpaired) electrons. The lowest BCUT2D eigenvalue weighted by Gasteiger charge is -2.16. The zero-order valence-corrected chi connectivity index (χ0v) is 13.7. The van der Waals surface area contributed by atoms with Crippen LogP contribution in [0.4, 0.5) is 13.2 Å². The van der Waals surface area contributed by atoms with E-state index in [0.29, 0.717) is 10.2 Å². The number of hydrogen-bond donors (Lipinski definition) is 0. The van der Waals surface area contributed by atoms with Gasteiger partial charge in [-0.05, 0) is 36.5 Å². The van der Waals surface area contributed by atoms with E-state index < -0.39 is 11.7 Å². The van der Waals surface area contributed by atoms with E-state index in [2.05, 4.69) is 20.7 Å². The average Bonchev–Trinajstić information content (AvgIpc) is 3.15. The molecule has 0 aromatic heterocycles. The van der Waals surface area contributed by atoms with E-state index in [0.717, 1.165) is 30.7 Å². The molecular formula is C14H14BrF3O2S. The van der Waals surface area contributed by atoms with Crippen molar-refractivity contribution in [1.82, 2.24) is 0 Å². The Kier molecular flexibility index (Phi) is 4.92. The maximum absolute atomic E-state index is 13.0. The van der Waals surface area contributed by atoms with Crippen LogP contribution < -0.4 is 0 Å². The second-order valence-corrected chi connectivity index (χ2v) is 7.11. The summed E-state index contributed by atoms with van der Waals surface area (Å²) in [6, 6.07) is 3.93. The summed E-state index contributed by atoms with van der Waals surface area (Å²) in [4.78, 5) is 11.5. The number of ether oxygens (including phenoxy) is 1. The Labute approximate surface area is 133 Å². The van der Waals surface area contributed by atoms with Gasteiger partial charge in [0.25, 0.3) is 0 Å². The van der Waals surface area contributed by atoms with Crippen molar-refractivity contribution in [2.45, 2.75) is 30.3 Å². The van der Waals surface area contributed by atoms with E-state index >= 15 is 0 Å². The first-order valence-corrected chi connectivity index (χ1v) is 8.10. The Balaban J connectivity index is 2.10. The SMILES string of the molecule is COC(=O)CC1(CSc2cc(Br)ccc2C(F)(F)F)CC1. The first-order chi connectivity index (χ1) is 9.76. The van der Waals surface area contributed by atoms with Crippen LogP contribution in [0, 0.1) is 5.41 Å². The van der Waals surface area contributed by atoms with Gasteiger partial charge in [-0.2, -0.15) is 13.2 Å². The number of thioether (sulfide) groups is 1. The molecule has 0 aliphatic heterocycles. The van der Waals surface area contributed by atoms with Crippen molar-refractivity contribution in [3.63, 3.8) is 0 Å². The molecule has 1 aliphatic rings. The van der Waals surface area contributed by atoms with Crippen LogP contribution >= 0.6 is 27.7 Å². The Hall–Kier alpha value is -0.690. The fraction of sp³-hybridized carbons (Fsp3) is 0.500. The number of rotatable bonds is 5. The van der Waals surface area contributed by atoms with Crippen LogP contribution in [0.25, 0.3) is 0 Å². The van der Waals surface area contributed by atoms with Crippen molar-refractivity contribution >= 4 is 33.7 Å². The van der Waals surface area contributed by atoms with E-state index in [9.17, 15) is 18.0 Å². The Morgan fingerprint density at radius 1 is 1.43 bits per heavy atom. The molecule has 21 heavy (non-hydrogen) atoms. The Bertz CT molecular complexity index is 542. The summed E-state index contributed by atoms with van der Waals surface area (Å²) in [6.07, 6.45) is -2.40. The maximum Gasteiger partial charge on any atom is 0.417 e. The largest absolute Gasteiger partial charge is 0.469 e. The zero-order chi connectivity index (χ0) is 15.7. The monoisotopic (exact) mass is 382 g/mol. The van der Waals surface area contributed by atoms with Crippen LogP contribution in [-0.2, 0) is 15.7 Å². The molecule has 1 fully saturated rings. The second-order valence-electron chi connectivity index (χ2n) is 5.18. The van der Waals surface area contributed by atoms with Crippen molar-refractivity contribution in [2.24, 2.45) is 5.41 Å². The number of carbonyl (C=O) groups excluding carboxylic acids is 1. The predicted octanol–water partition coefficient (Wildman–Crippen LogP) is 4.90. The van der Waals surface area contributed by atoms with Crippen LogP contribution in [-0.4, -0.2) is 18.8 Å². The molecule has 0 amide bonds. The van der Waals surface area contributed by atoms with Crippen molar-refractivity contribution in [3.05, 3.63) is 28.2 Å². The summed E-state index contributed by atoms with van der Waals surface area (Å²) >= 11 is 4.35. The first kappa shape index (κ1) is 16.7. The molecule has 0 bridgehead atoms. The number of hydrogen-bond acceptors (Lipinski definition) is 3. The summed E-state index contributed by atoms with van der Waals surface area (Å²) in [5.41, 5.74) is -0.840. The van der Waals surface area contributed by atoms with Crippen LogP contribution in [0.2, 0.25) is 0 Å². The summed E-state index contributed by atoms with van der Waals surface area (Å²) < 4.78 is 44.2. The lowest BCUT2D eigenvalue weighted by molar-refractivity contribution is -0.142. The van der Waals surface area contributed by atoms with Gasteiger partial charge in [0.15, 0.2) is 0 Å². The number of benzene rings is 1. The van der Waals surface area contributed by atoms with E-state index in [1.165, 1.54) is 19.2 Å². The fourth-order valence-electron chi connectivity index (χ4n) is 2.01. The summed E-state index contributed by atoms with van der Waals surface area (Å²) in [5.74, 6) is 0.181. The standard InChI is InChI=1S/C14H14BrF3O2S/c1-20-12(19)7-13(4-5-13)8-21-11-6-9(15)2-3-10(11)14(16,17)18/h2-3,6H,4-5,7-8H2,1H3. The van der Waals surface area contributed by atoms with E-state index in [-0.39, 0.29) is 22.7 Å². The molecule has 0 atom stereocenters. The molecule has 1 aromatic rings. The van der Waals surface area contributed by atoms with E-state index in [4.69, 9.17) is 0 Å². The van der Waals surface area contributed by atoms with Gasteiger partial charge < -0.3 is 4.74 Å². The van der Waals surface area contributed by atoms with Gasteiger partial charge in [0, 0.05) is 15.1 Å². The number of halogens is 4. The third-order valence-electron chi connectivity index (χ3n) is 3.49. The minimum atomic E-state index is -4.37. The summed E-state index contributed by atoms with van der Waals surface area (Å²) in [5, 5.41) is 0. The quantitative estimate of drug-likeness (QED) is 0.534. The van der Waals surface area contributed by atoms with Gasteiger partial charge in [-0.3, -0.25) is 4.79 Å². The van der Waals surface area contributed by atoms with Crippen LogP contribution in [0.1, 0.15) is 24.8 Å². The Morgan fingerprint density at radius 2 is 2.10 bits per heavy atom. The van der Waals surface area contributed by atoms with Gasteiger partial charge in [-0.25, -0.2) is 0 Å². The highest BCUT2D eigenvalue weighted by molar-refractivity contribution is 9.10. The maximum atomic E-state index is 13.0. The fourth-order valence-corrected chi connectivity index (χ4v) is 3.92. The van der Waals surface area contributed by atoms with Crippen LogP contribution in [0.5, 0.6) is 0 Å². The lowest BCUT2D eigenvalue weighted by atomic mass is 10.1. The average molecular weight is 383 g/mol. The molecule has 0 unspecified atom stereocenters. The zero-order valence-electron chi connectivity index (χ0n) is 11.3. The Morgan fingerprint density at radius 3 is 2.62 bits per heavy atom. The molecule has 0 spiro atoms. The molecular weight excluding hydrogens is 369 g/mol. The van der Waals surface area contributed by atoms with Crippen molar-refractivity contribution in [3.8, 4) is 0 Å².